The third-order valence-electron chi connectivity index (χ3n) is 3.24. The van der Waals surface area contributed by atoms with E-state index in [9.17, 15) is 0 Å². The van der Waals surface area contributed by atoms with Crippen molar-refractivity contribution in [3.8, 4) is 17.1 Å². The van der Waals surface area contributed by atoms with Crippen molar-refractivity contribution in [1.29, 1.82) is 0 Å². The van der Waals surface area contributed by atoms with Gasteiger partial charge in [0.05, 0.1) is 5.56 Å². The van der Waals surface area contributed by atoms with E-state index in [1.807, 2.05) is 28.9 Å². The molecule has 3 rings (SSSR count). The number of nitrogens with zero attached hydrogens (tertiary/aromatic N) is 3. The highest BCUT2D eigenvalue weighted by Crippen LogP contribution is 2.18. The van der Waals surface area contributed by atoms with Gasteiger partial charge in [0, 0.05) is 0 Å². The summed E-state index contributed by atoms with van der Waals surface area (Å²) in [6.07, 6.45) is 0. The summed E-state index contributed by atoms with van der Waals surface area (Å²) in [6, 6.07) is 16.3. The summed E-state index contributed by atoms with van der Waals surface area (Å²) in [7, 11) is 0. The predicted octanol–water partition coefficient (Wildman–Crippen LogP) is 2.37. The molecule has 0 amide bonds. The van der Waals surface area contributed by atoms with Gasteiger partial charge in [0.1, 0.15) is 10.8 Å². The molecule has 0 aliphatic carbocycles. The number of hydrogen-bond donors (Lipinski definition) is 1. The molecule has 0 fully saturated rings. The monoisotopic (exact) mass is 251 g/mol. The molecule has 0 aliphatic heterocycles. The fourth-order valence-corrected chi connectivity index (χ4v) is 2.19. The Labute approximate surface area is 111 Å². The van der Waals surface area contributed by atoms with E-state index >= 15 is 0 Å². The zero-order valence-electron chi connectivity index (χ0n) is 11.0. The van der Waals surface area contributed by atoms with Gasteiger partial charge in [-0.2, -0.15) is 0 Å². The first kappa shape index (κ1) is 11.6. The van der Waals surface area contributed by atoms with Crippen LogP contribution < -0.4 is 4.68 Å². The number of hydrogen-bond acceptors (Lipinski definition) is 2. The van der Waals surface area contributed by atoms with Gasteiger partial charge in [0.15, 0.2) is 5.21 Å². The number of aromatic amines is 1. The van der Waals surface area contributed by atoms with E-state index in [2.05, 4.69) is 53.6 Å². The van der Waals surface area contributed by atoms with Crippen LogP contribution in [-0.2, 0) is 0 Å². The maximum absolute atomic E-state index is 4.22. The first-order chi connectivity index (χ1) is 9.27. The van der Waals surface area contributed by atoms with E-state index in [-0.39, 0.29) is 0 Å². The summed E-state index contributed by atoms with van der Waals surface area (Å²) in [5.41, 5.74) is 4.50. The van der Waals surface area contributed by atoms with Crippen molar-refractivity contribution in [3.05, 3.63) is 59.7 Å². The van der Waals surface area contributed by atoms with Gasteiger partial charge >= 0.3 is 5.82 Å². The molecule has 0 saturated heterocycles. The Morgan fingerprint density at radius 1 is 0.895 bits per heavy atom. The number of aromatic nitrogens is 4. The van der Waals surface area contributed by atoms with Crippen molar-refractivity contribution in [1.82, 2.24) is 15.5 Å². The molecule has 1 N–H and O–H groups in total. The minimum atomic E-state index is 0.826. The van der Waals surface area contributed by atoms with E-state index < -0.39 is 0 Å². The SMILES string of the molecule is Cc1ccccc1-c1nn[nH][n+]1-c1ccccc1C. The van der Waals surface area contributed by atoms with Gasteiger partial charge in [-0.25, -0.2) is 0 Å². The zero-order valence-corrected chi connectivity index (χ0v) is 11.0. The Morgan fingerprint density at radius 2 is 1.58 bits per heavy atom. The van der Waals surface area contributed by atoms with Crippen LogP contribution in [0.15, 0.2) is 48.5 Å². The lowest BCUT2D eigenvalue weighted by Crippen LogP contribution is -2.36. The normalized spacial score (nSPS) is 10.6. The summed E-state index contributed by atoms with van der Waals surface area (Å²) in [4.78, 5) is 0. The Morgan fingerprint density at radius 3 is 2.32 bits per heavy atom. The molecule has 3 aromatic rings. The molecule has 0 spiro atoms. The molecule has 94 valence electrons. The molecule has 19 heavy (non-hydrogen) atoms. The second-order valence-corrected chi connectivity index (χ2v) is 4.56. The fourth-order valence-electron chi connectivity index (χ4n) is 2.19. The lowest BCUT2D eigenvalue weighted by molar-refractivity contribution is -0.650. The number of H-pyrrole nitrogens is 1. The molecular formula is C15H15N4+. The van der Waals surface area contributed by atoms with Crippen molar-refractivity contribution in [2.45, 2.75) is 13.8 Å². The van der Waals surface area contributed by atoms with Crippen LogP contribution in [0, 0.1) is 13.8 Å². The molecule has 0 saturated carbocycles. The van der Waals surface area contributed by atoms with Crippen LogP contribution in [0.5, 0.6) is 0 Å². The minimum absolute atomic E-state index is 0.826. The van der Waals surface area contributed by atoms with E-state index in [4.69, 9.17) is 0 Å². The number of aryl methyl sites for hydroxylation is 2. The van der Waals surface area contributed by atoms with E-state index in [0.29, 0.717) is 0 Å². The standard InChI is InChI=1S/C15H14N4/c1-11-7-3-5-9-13(11)15-16-17-18-19(15)14-10-6-4-8-12(14)2/h3-10H,1-2H3/p+1. The quantitative estimate of drug-likeness (QED) is 0.711. The van der Waals surface area contributed by atoms with Gasteiger partial charge in [-0.3, -0.25) is 0 Å². The molecule has 1 aromatic heterocycles. The van der Waals surface area contributed by atoms with Crippen LogP contribution in [0.2, 0.25) is 0 Å². The molecule has 1 heterocycles. The average molecular weight is 251 g/mol. The zero-order chi connectivity index (χ0) is 13.2. The smallest absolute Gasteiger partial charge is 0.123 e. The Kier molecular flexibility index (Phi) is 2.83. The average Bonchev–Trinajstić information content (AvgIpc) is 2.89. The van der Waals surface area contributed by atoms with Gasteiger partial charge in [0.25, 0.3) is 0 Å². The number of rotatable bonds is 2. The van der Waals surface area contributed by atoms with Gasteiger partial charge in [-0.1, -0.05) is 41.6 Å². The summed E-state index contributed by atoms with van der Waals surface area (Å²) in [6.45, 7) is 4.15. The van der Waals surface area contributed by atoms with E-state index in [1.165, 1.54) is 11.1 Å². The van der Waals surface area contributed by atoms with Crippen molar-refractivity contribution in [2.24, 2.45) is 0 Å². The summed E-state index contributed by atoms with van der Waals surface area (Å²) < 4.78 is 1.91. The molecule has 4 nitrogen and oxygen atoms in total. The van der Waals surface area contributed by atoms with E-state index in [0.717, 1.165) is 17.1 Å². The lowest BCUT2D eigenvalue weighted by Gasteiger charge is -2.04. The Hall–Kier alpha value is -2.49. The van der Waals surface area contributed by atoms with Gasteiger partial charge in [0.2, 0.25) is 0 Å². The summed E-state index contributed by atoms with van der Waals surface area (Å²) >= 11 is 0. The fraction of sp³-hybridized carbons (Fsp3) is 0.133. The summed E-state index contributed by atoms with van der Waals surface area (Å²) in [5.74, 6) is 0.826. The minimum Gasteiger partial charge on any atom is -0.123 e. The Balaban J connectivity index is 2.20. The van der Waals surface area contributed by atoms with Gasteiger partial charge < -0.3 is 0 Å². The second kappa shape index (κ2) is 4.65. The van der Waals surface area contributed by atoms with Crippen LogP contribution in [-0.4, -0.2) is 15.5 Å². The van der Waals surface area contributed by atoms with Crippen molar-refractivity contribution in [3.63, 3.8) is 0 Å². The Bertz CT molecular complexity index is 655. The third kappa shape index (κ3) is 2.01. The number of benzene rings is 2. The first-order valence-corrected chi connectivity index (χ1v) is 6.22. The molecule has 0 atom stereocenters. The molecule has 4 heteroatoms. The number of nitrogens with one attached hydrogen (secondary N) is 1. The lowest BCUT2D eigenvalue weighted by atomic mass is 10.1. The molecular weight excluding hydrogens is 236 g/mol. The largest absolute Gasteiger partial charge is 0.337 e. The number of para-hydroxylation sites is 1. The highest BCUT2D eigenvalue weighted by molar-refractivity contribution is 5.57. The van der Waals surface area contributed by atoms with Crippen LogP contribution in [0.4, 0.5) is 0 Å². The molecule has 0 aliphatic rings. The topological polar surface area (TPSA) is 45.5 Å². The van der Waals surface area contributed by atoms with Crippen LogP contribution in [0.25, 0.3) is 17.1 Å². The predicted molar refractivity (Wildman–Crippen MR) is 72.8 cm³/mol. The number of tetrazole rings is 1. The van der Waals surface area contributed by atoms with Crippen molar-refractivity contribution < 1.29 is 4.68 Å². The van der Waals surface area contributed by atoms with Crippen LogP contribution >= 0.6 is 0 Å². The third-order valence-corrected chi connectivity index (χ3v) is 3.24. The van der Waals surface area contributed by atoms with Crippen LogP contribution in [0.3, 0.4) is 0 Å². The first-order valence-electron chi connectivity index (χ1n) is 6.22. The molecule has 0 unspecified atom stereocenters. The highest BCUT2D eigenvalue weighted by atomic mass is 15.5. The van der Waals surface area contributed by atoms with Gasteiger partial charge in [-0.05, 0) is 37.1 Å². The van der Waals surface area contributed by atoms with Gasteiger partial charge in [-0.15, -0.1) is 4.68 Å². The molecule has 2 aromatic carbocycles. The summed E-state index contributed by atoms with van der Waals surface area (Å²) in [5, 5.41) is 11.1. The molecule has 0 bridgehead atoms. The molecule has 0 radical (unpaired) electrons. The van der Waals surface area contributed by atoms with E-state index in [1.54, 1.807) is 0 Å². The van der Waals surface area contributed by atoms with Crippen LogP contribution in [0.1, 0.15) is 11.1 Å². The van der Waals surface area contributed by atoms with Crippen molar-refractivity contribution in [2.75, 3.05) is 0 Å². The second-order valence-electron chi connectivity index (χ2n) is 4.56. The maximum Gasteiger partial charge on any atom is 0.337 e. The highest BCUT2D eigenvalue weighted by Gasteiger charge is 2.20. The van der Waals surface area contributed by atoms with Crippen molar-refractivity contribution >= 4 is 0 Å². The maximum atomic E-state index is 4.22.